The third-order valence-corrected chi connectivity index (χ3v) is 12.4. The first-order valence-electron chi connectivity index (χ1n) is 16.5. The molecular formula is C36H34Cl2FN5O2. The quantitative estimate of drug-likeness (QED) is 0.232. The average molecular weight is 659 g/mol. The van der Waals surface area contributed by atoms with E-state index in [1.54, 1.807) is 18.2 Å². The summed E-state index contributed by atoms with van der Waals surface area (Å²) in [4.78, 5) is 20.8. The first-order chi connectivity index (χ1) is 22.3. The molecular weight excluding hydrogens is 624 g/mol. The molecule has 2 aromatic heterocycles. The monoisotopic (exact) mass is 657 g/mol. The number of fused-ring (bicyclic) bond motifs is 6. The Labute approximate surface area is 276 Å². The lowest BCUT2D eigenvalue weighted by molar-refractivity contribution is -0.139. The second kappa shape index (κ2) is 10.4. The molecule has 6 aliphatic rings. The van der Waals surface area contributed by atoms with E-state index in [0.717, 1.165) is 48.8 Å². The molecule has 236 valence electrons. The first-order valence-corrected chi connectivity index (χ1v) is 17.2. The zero-order chi connectivity index (χ0) is 31.6. The first kappa shape index (κ1) is 29.0. The highest BCUT2D eigenvalue weighted by Gasteiger charge is 2.57. The highest BCUT2D eigenvalue weighted by molar-refractivity contribution is 6.43. The second-order valence-corrected chi connectivity index (χ2v) is 14.9. The minimum Gasteiger partial charge on any atom is -0.393 e. The van der Waals surface area contributed by atoms with Gasteiger partial charge < -0.3 is 19.9 Å². The number of aromatic nitrogens is 2. The summed E-state index contributed by atoms with van der Waals surface area (Å²) in [6.45, 7) is 2.83. The van der Waals surface area contributed by atoms with Crippen molar-refractivity contribution in [1.82, 2.24) is 19.8 Å². The van der Waals surface area contributed by atoms with E-state index >= 15 is 4.39 Å². The van der Waals surface area contributed by atoms with Crippen LogP contribution >= 0.6 is 23.2 Å². The Bertz CT molecular complexity index is 2000. The molecule has 4 aromatic rings. The fourth-order valence-corrected chi connectivity index (χ4v) is 9.71. The van der Waals surface area contributed by atoms with Crippen molar-refractivity contribution >= 4 is 50.9 Å². The van der Waals surface area contributed by atoms with Crippen molar-refractivity contribution in [2.75, 3.05) is 6.54 Å². The number of pyridine rings is 1. The van der Waals surface area contributed by atoms with Crippen LogP contribution in [0.25, 0.3) is 32.9 Å². The van der Waals surface area contributed by atoms with Gasteiger partial charge in [0, 0.05) is 70.2 Å². The summed E-state index contributed by atoms with van der Waals surface area (Å²) in [5, 5.41) is 26.6. The molecule has 0 spiro atoms. The topological polar surface area (TPSA) is 94.2 Å². The molecule has 1 amide bonds. The number of hydrogen-bond donors (Lipinski definition) is 2. The number of carbonyl (C=O) groups excluding carboxylic acids is 1. The molecule has 3 saturated heterocycles. The van der Waals surface area contributed by atoms with Gasteiger partial charge >= 0.3 is 0 Å². The number of nitrogens with one attached hydrogen (secondary N) is 1. The van der Waals surface area contributed by atoms with Crippen LogP contribution in [0, 0.1) is 41.8 Å². The van der Waals surface area contributed by atoms with Crippen LogP contribution in [0.15, 0.2) is 30.3 Å². The molecule has 6 fully saturated rings. The Morgan fingerprint density at radius 2 is 2.02 bits per heavy atom. The van der Waals surface area contributed by atoms with E-state index in [9.17, 15) is 15.2 Å². The summed E-state index contributed by atoms with van der Waals surface area (Å²) >= 11 is 13.0. The van der Waals surface area contributed by atoms with Crippen LogP contribution in [0.5, 0.6) is 0 Å². The maximum atomic E-state index is 17.0. The third-order valence-electron chi connectivity index (χ3n) is 11.6. The second-order valence-electron chi connectivity index (χ2n) is 14.1. The molecule has 10 rings (SSSR count). The molecule has 2 N–H and O–H groups in total. The fraction of sp³-hybridized carbons (Fsp3) is 0.472. The van der Waals surface area contributed by atoms with E-state index < -0.39 is 11.9 Å². The van der Waals surface area contributed by atoms with Gasteiger partial charge in [-0.3, -0.25) is 4.79 Å². The summed E-state index contributed by atoms with van der Waals surface area (Å²) < 4.78 is 19.4. The lowest BCUT2D eigenvalue weighted by Crippen LogP contribution is -2.46. The van der Waals surface area contributed by atoms with Gasteiger partial charge in [-0.2, -0.15) is 5.26 Å². The smallest absolute Gasteiger partial charge is 0.226 e. The van der Waals surface area contributed by atoms with Gasteiger partial charge in [-0.25, -0.2) is 9.37 Å². The van der Waals surface area contributed by atoms with E-state index in [0.29, 0.717) is 51.6 Å². The highest BCUT2D eigenvalue weighted by atomic mass is 35.5. The Morgan fingerprint density at radius 1 is 1.20 bits per heavy atom. The summed E-state index contributed by atoms with van der Waals surface area (Å²) in [5.41, 5.74) is 4.37. The van der Waals surface area contributed by atoms with Crippen molar-refractivity contribution in [3.63, 3.8) is 0 Å². The fourth-order valence-electron chi connectivity index (χ4n) is 9.31. The zero-order valence-electron chi connectivity index (χ0n) is 25.4. The molecule has 7 nitrogen and oxygen atoms in total. The van der Waals surface area contributed by atoms with E-state index in [2.05, 4.69) is 26.9 Å². The number of aryl methyl sites for hydroxylation is 2. The number of aliphatic hydroxyl groups excluding tert-OH is 1. The molecule has 46 heavy (non-hydrogen) atoms. The van der Waals surface area contributed by atoms with Crippen LogP contribution in [0.4, 0.5) is 4.39 Å². The molecule has 1 unspecified atom stereocenters. The zero-order valence-corrected chi connectivity index (χ0v) is 27.0. The molecule has 4 bridgehead atoms. The predicted molar refractivity (Wildman–Crippen MR) is 175 cm³/mol. The Hall–Kier alpha value is -3.22. The summed E-state index contributed by atoms with van der Waals surface area (Å²) in [6.07, 6.45) is 4.45. The maximum absolute atomic E-state index is 17.0. The molecule has 7 atom stereocenters. The van der Waals surface area contributed by atoms with Gasteiger partial charge in [-0.05, 0) is 75.1 Å². The van der Waals surface area contributed by atoms with E-state index in [4.69, 9.17) is 28.2 Å². The largest absolute Gasteiger partial charge is 0.393 e. The van der Waals surface area contributed by atoms with Crippen molar-refractivity contribution in [1.29, 1.82) is 5.26 Å². The number of rotatable bonds is 6. The Morgan fingerprint density at radius 3 is 2.74 bits per heavy atom. The lowest BCUT2D eigenvalue weighted by atomic mass is 9.79. The van der Waals surface area contributed by atoms with Gasteiger partial charge in [-0.15, -0.1) is 0 Å². The van der Waals surface area contributed by atoms with E-state index in [1.807, 2.05) is 13.0 Å². The van der Waals surface area contributed by atoms with Gasteiger partial charge in [0.1, 0.15) is 5.52 Å². The molecule has 0 radical (unpaired) electrons. The number of hydrogen-bond acceptors (Lipinski definition) is 5. The number of nitrogens with zero attached hydrogens (tertiary/aromatic N) is 4. The number of amides is 1. The average Bonchev–Trinajstić information content (AvgIpc) is 3.39. The number of benzene rings is 2. The van der Waals surface area contributed by atoms with Crippen LogP contribution < -0.4 is 5.32 Å². The number of likely N-dealkylation sites (tertiary alicyclic amines) is 1. The number of nitriles is 1. The molecule has 2 aromatic carbocycles. The van der Waals surface area contributed by atoms with Crippen LogP contribution in [0.1, 0.15) is 67.6 Å². The van der Waals surface area contributed by atoms with Crippen molar-refractivity contribution < 1.29 is 14.3 Å². The van der Waals surface area contributed by atoms with Gasteiger partial charge in [0.25, 0.3) is 0 Å². The van der Waals surface area contributed by atoms with E-state index in [1.165, 1.54) is 0 Å². The highest BCUT2D eigenvalue weighted by Crippen LogP contribution is 2.56. The lowest BCUT2D eigenvalue weighted by Gasteiger charge is -2.42. The Balaban J connectivity index is 1.33. The summed E-state index contributed by atoms with van der Waals surface area (Å²) in [7, 11) is 0. The normalized spacial score (nSPS) is 29.6. The molecule has 5 heterocycles. The molecule has 10 heteroatoms. The van der Waals surface area contributed by atoms with E-state index in [-0.39, 0.29) is 58.9 Å². The summed E-state index contributed by atoms with van der Waals surface area (Å²) in [5.74, 6) is 0.191. The molecule has 3 aliphatic heterocycles. The predicted octanol–water partition coefficient (Wildman–Crippen LogP) is 7.03. The van der Waals surface area contributed by atoms with Crippen LogP contribution in [-0.4, -0.2) is 50.2 Å². The standard InChI is InChI=1S/C36H34Cl2FN5O2/c1-16-22-14-27(35-23-12-20(13-28(23)45)43(35)36(46)17-7-8-17)44(33-19-11-26(33)41-15-19)34(22)24-10-18(4-3-9-40)29(31(39)32(24)42-16)21-5-2-6-25(37)30(21)38/h2,5-6,10,14,17,19-20,23,26,28,33,35,41,45H,3-4,7-8,11-13,15H2,1H3/t19-,20-,23+,26-,28-,33?,35-/m1/s1. The van der Waals surface area contributed by atoms with Crippen molar-refractivity contribution in [3.8, 4) is 17.2 Å². The number of piperidine rings is 1. The van der Waals surface area contributed by atoms with Gasteiger partial charge in [-0.1, -0.05) is 35.3 Å². The van der Waals surface area contributed by atoms with Gasteiger partial charge in [0.2, 0.25) is 5.91 Å². The molecule has 3 saturated carbocycles. The van der Waals surface area contributed by atoms with Crippen LogP contribution in [0.2, 0.25) is 10.0 Å². The SMILES string of the molecule is Cc1nc2c(F)c(-c3cccc(Cl)c3Cl)c(CCC#N)cc2c2c1cc([C@H]1[C@H]3C[C@H](C[C@H]3O)N1C(=O)C1CC1)n2C1[C@H]2CN[C@@H]1C2. The number of carbonyl (C=O) groups is 1. The number of halogens is 3. The minimum absolute atomic E-state index is 0.0387. The van der Waals surface area contributed by atoms with Crippen LogP contribution in [-0.2, 0) is 11.2 Å². The minimum atomic E-state index is -0.482. The number of aliphatic hydroxyl groups is 1. The molecule has 3 aliphatic carbocycles. The summed E-state index contributed by atoms with van der Waals surface area (Å²) in [6, 6.07) is 11.8. The van der Waals surface area contributed by atoms with Gasteiger partial charge in [0.05, 0.1) is 39.8 Å². The van der Waals surface area contributed by atoms with Crippen molar-refractivity contribution in [2.45, 2.75) is 82.1 Å². The van der Waals surface area contributed by atoms with Gasteiger partial charge in [0.15, 0.2) is 5.82 Å². The maximum Gasteiger partial charge on any atom is 0.226 e. The van der Waals surface area contributed by atoms with Crippen LogP contribution in [0.3, 0.4) is 0 Å². The van der Waals surface area contributed by atoms with Crippen molar-refractivity contribution in [2.24, 2.45) is 17.8 Å². The third kappa shape index (κ3) is 4.01. The van der Waals surface area contributed by atoms with Crippen molar-refractivity contribution in [3.05, 3.63) is 63.1 Å². The Kier molecular flexibility index (Phi) is 6.54.